The van der Waals surface area contributed by atoms with Crippen molar-refractivity contribution < 1.29 is 14.3 Å². The van der Waals surface area contributed by atoms with Gasteiger partial charge in [0.05, 0.1) is 6.61 Å². The molecule has 0 aromatic rings. The van der Waals surface area contributed by atoms with Gasteiger partial charge in [-0.15, -0.1) is 0 Å². The smallest absolute Gasteiger partial charge is 0.324 e. The highest BCUT2D eigenvalue weighted by atomic mass is 16.5. The van der Waals surface area contributed by atoms with E-state index in [1.165, 1.54) is 0 Å². The first kappa shape index (κ1) is 8.49. The molecule has 64 valence electrons. The van der Waals surface area contributed by atoms with E-state index >= 15 is 0 Å². The summed E-state index contributed by atoms with van der Waals surface area (Å²) in [6, 6.07) is -0.0301. The third kappa shape index (κ3) is 3.34. The Morgan fingerprint density at radius 1 is 1.64 bits per heavy atom. The average molecular weight is 159 g/mol. The molecule has 0 spiro atoms. The van der Waals surface area contributed by atoms with Gasteiger partial charge in [0.15, 0.2) is 0 Å². The van der Waals surface area contributed by atoms with Crippen LogP contribution in [0.4, 0.5) is 0 Å². The third-order valence-electron chi connectivity index (χ3n) is 1.43. The van der Waals surface area contributed by atoms with E-state index in [0.717, 1.165) is 13.0 Å². The van der Waals surface area contributed by atoms with Crippen LogP contribution in [-0.4, -0.2) is 38.9 Å². The minimum absolute atomic E-state index is 0.0301. The second kappa shape index (κ2) is 4.31. The lowest BCUT2D eigenvalue weighted by Crippen LogP contribution is -2.15. The van der Waals surface area contributed by atoms with Crippen molar-refractivity contribution in [2.75, 3.05) is 26.9 Å². The zero-order chi connectivity index (χ0) is 8.10. The molecule has 1 N–H and O–H groups in total. The topological polar surface area (TPSA) is 57.5 Å². The number of carbonyl (C=O) groups excluding carboxylic acids is 1. The van der Waals surface area contributed by atoms with E-state index in [0.29, 0.717) is 13.2 Å². The molecule has 0 amide bonds. The molecule has 0 aliphatic carbocycles. The van der Waals surface area contributed by atoms with Crippen molar-refractivity contribution in [2.24, 2.45) is 0 Å². The maximum atomic E-state index is 10.8. The number of esters is 1. The maximum absolute atomic E-state index is 10.8. The predicted molar refractivity (Wildman–Crippen MR) is 39.2 cm³/mol. The molecule has 1 aliphatic rings. The molecule has 0 bridgehead atoms. The van der Waals surface area contributed by atoms with Gasteiger partial charge >= 0.3 is 5.97 Å². The first-order valence-corrected chi connectivity index (χ1v) is 3.73. The van der Waals surface area contributed by atoms with Crippen LogP contribution in [0.25, 0.3) is 0 Å². The fraction of sp³-hybridized carbons (Fsp3) is 0.857. The SMILES string of the molecule is COCCCOC(=O)[C@H]1CN1. The number of carbonyl (C=O) groups is 1. The lowest BCUT2D eigenvalue weighted by atomic mass is 10.4. The Balaban J connectivity index is 1.89. The van der Waals surface area contributed by atoms with Crippen LogP contribution < -0.4 is 5.32 Å². The quantitative estimate of drug-likeness (QED) is 0.335. The second-order valence-electron chi connectivity index (χ2n) is 2.47. The Morgan fingerprint density at radius 2 is 2.36 bits per heavy atom. The van der Waals surface area contributed by atoms with Gasteiger partial charge in [-0.25, -0.2) is 0 Å². The molecule has 11 heavy (non-hydrogen) atoms. The van der Waals surface area contributed by atoms with Crippen LogP contribution in [0.2, 0.25) is 0 Å². The molecule has 1 atom stereocenters. The third-order valence-corrected chi connectivity index (χ3v) is 1.43. The van der Waals surface area contributed by atoms with Gasteiger partial charge in [0.2, 0.25) is 0 Å². The van der Waals surface area contributed by atoms with Crippen LogP contribution in [0.3, 0.4) is 0 Å². The Kier molecular flexibility index (Phi) is 3.32. The van der Waals surface area contributed by atoms with Gasteiger partial charge < -0.3 is 14.8 Å². The standard InChI is InChI=1S/C7H13NO3/c1-10-3-2-4-11-7(9)6-5-8-6/h6,8H,2-5H2,1H3/t6-/m1/s1. The van der Waals surface area contributed by atoms with Crippen molar-refractivity contribution >= 4 is 5.97 Å². The fourth-order valence-corrected chi connectivity index (χ4v) is 0.702. The Bertz CT molecular complexity index is 134. The van der Waals surface area contributed by atoms with E-state index in [-0.39, 0.29) is 12.0 Å². The Labute approximate surface area is 65.9 Å². The van der Waals surface area contributed by atoms with Gasteiger partial charge in [-0.2, -0.15) is 0 Å². The molecule has 4 nitrogen and oxygen atoms in total. The van der Waals surface area contributed by atoms with E-state index < -0.39 is 0 Å². The van der Waals surface area contributed by atoms with Gasteiger partial charge in [-0.05, 0) is 0 Å². The van der Waals surface area contributed by atoms with Crippen molar-refractivity contribution in [2.45, 2.75) is 12.5 Å². The largest absolute Gasteiger partial charge is 0.464 e. The first-order chi connectivity index (χ1) is 5.34. The number of hydrogen-bond acceptors (Lipinski definition) is 4. The number of rotatable bonds is 5. The normalized spacial score (nSPS) is 21.4. The van der Waals surface area contributed by atoms with Gasteiger partial charge in [0, 0.05) is 26.7 Å². The summed E-state index contributed by atoms with van der Waals surface area (Å²) in [5.74, 6) is -0.138. The van der Waals surface area contributed by atoms with Crippen molar-refractivity contribution in [3.05, 3.63) is 0 Å². The number of ether oxygens (including phenoxy) is 2. The summed E-state index contributed by atoms with van der Waals surface area (Å²) < 4.78 is 9.68. The highest BCUT2D eigenvalue weighted by Crippen LogP contribution is 1.99. The molecular formula is C7H13NO3. The van der Waals surface area contributed by atoms with E-state index in [1.54, 1.807) is 7.11 Å². The molecule has 4 heteroatoms. The molecule has 1 aliphatic heterocycles. The predicted octanol–water partition coefficient (Wildman–Crippen LogP) is -0.462. The molecule has 0 unspecified atom stereocenters. The summed E-state index contributed by atoms with van der Waals surface area (Å²) >= 11 is 0. The van der Waals surface area contributed by atoms with Crippen LogP contribution in [0.5, 0.6) is 0 Å². The summed E-state index contributed by atoms with van der Waals surface area (Å²) in [6.45, 7) is 1.87. The van der Waals surface area contributed by atoms with Gasteiger partial charge in [-0.3, -0.25) is 4.79 Å². The molecule has 0 saturated carbocycles. The lowest BCUT2D eigenvalue weighted by Gasteiger charge is -2.01. The monoisotopic (exact) mass is 159 g/mol. The Morgan fingerprint density at radius 3 is 2.91 bits per heavy atom. The first-order valence-electron chi connectivity index (χ1n) is 3.73. The van der Waals surface area contributed by atoms with Gasteiger partial charge in [-0.1, -0.05) is 0 Å². The summed E-state index contributed by atoms with van der Waals surface area (Å²) in [4.78, 5) is 10.8. The number of nitrogens with one attached hydrogen (secondary N) is 1. The highest BCUT2D eigenvalue weighted by molar-refractivity contribution is 5.78. The molecule has 1 heterocycles. The van der Waals surface area contributed by atoms with Gasteiger partial charge in [0.25, 0.3) is 0 Å². The van der Waals surface area contributed by atoms with Crippen LogP contribution >= 0.6 is 0 Å². The number of hydrogen-bond donors (Lipinski definition) is 1. The molecule has 1 rings (SSSR count). The van der Waals surface area contributed by atoms with E-state index in [4.69, 9.17) is 9.47 Å². The summed E-state index contributed by atoms with van der Waals surface area (Å²) in [6.07, 6.45) is 0.773. The van der Waals surface area contributed by atoms with E-state index in [9.17, 15) is 4.79 Å². The average Bonchev–Trinajstić information content (AvgIpc) is 2.79. The van der Waals surface area contributed by atoms with Crippen LogP contribution in [0, 0.1) is 0 Å². The summed E-state index contributed by atoms with van der Waals surface area (Å²) in [5.41, 5.74) is 0. The van der Waals surface area contributed by atoms with E-state index in [1.807, 2.05) is 0 Å². The molecule has 1 fully saturated rings. The van der Waals surface area contributed by atoms with E-state index in [2.05, 4.69) is 5.32 Å². The fourth-order valence-electron chi connectivity index (χ4n) is 0.702. The zero-order valence-electron chi connectivity index (χ0n) is 6.63. The highest BCUT2D eigenvalue weighted by Gasteiger charge is 2.29. The van der Waals surface area contributed by atoms with Crippen molar-refractivity contribution in [3.63, 3.8) is 0 Å². The van der Waals surface area contributed by atoms with Crippen molar-refractivity contribution in [1.29, 1.82) is 0 Å². The van der Waals surface area contributed by atoms with Crippen molar-refractivity contribution in [1.82, 2.24) is 5.32 Å². The maximum Gasteiger partial charge on any atom is 0.324 e. The molecule has 1 saturated heterocycles. The summed E-state index contributed by atoms with van der Waals surface area (Å²) in [7, 11) is 1.63. The second-order valence-corrected chi connectivity index (χ2v) is 2.47. The number of methoxy groups -OCH3 is 1. The zero-order valence-corrected chi connectivity index (χ0v) is 6.63. The van der Waals surface area contributed by atoms with Crippen molar-refractivity contribution in [3.8, 4) is 0 Å². The minimum atomic E-state index is -0.138. The molecule has 0 aromatic heterocycles. The van der Waals surface area contributed by atoms with Crippen LogP contribution in [0.15, 0.2) is 0 Å². The summed E-state index contributed by atoms with van der Waals surface area (Å²) in [5, 5.41) is 2.87. The molecular weight excluding hydrogens is 146 g/mol. The lowest BCUT2D eigenvalue weighted by molar-refractivity contribution is -0.143. The van der Waals surface area contributed by atoms with Gasteiger partial charge in [0.1, 0.15) is 6.04 Å². The van der Waals surface area contributed by atoms with Crippen LogP contribution in [-0.2, 0) is 14.3 Å². The molecule has 0 radical (unpaired) electrons. The molecule has 0 aromatic carbocycles. The Hall–Kier alpha value is -0.610. The van der Waals surface area contributed by atoms with Crippen LogP contribution in [0.1, 0.15) is 6.42 Å². The minimum Gasteiger partial charge on any atom is -0.464 e.